The molecular weight excluding hydrogens is 389 g/mol. The molecule has 3 N–H and O–H groups in total. The molecule has 0 aliphatic heterocycles. The van der Waals surface area contributed by atoms with Crippen LogP contribution in [0.1, 0.15) is 26.3 Å². The average molecular weight is 413 g/mol. The number of ether oxygens (including phenoxy) is 1. The second-order valence-corrected chi connectivity index (χ2v) is 7.33. The number of halogens is 1. The zero-order chi connectivity index (χ0) is 22.1. The largest absolute Gasteiger partial charge is 0.444 e. The number of carbonyl (C=O) groups is 3. The fourth-order valence-electron chi connectivity index (χ4n) is 2.31. The summed E-state index contributed by atoms with van der Waals surface area (Å²) >= 11 is 0. The quantitative estimate of drug-likeness (QED) is 0.625. The van der Waals surface area contributed by atoms with Crippen LogP contribution < -0.4 is 16.0 Å². The number of amides is 3. The van der Waals surface area contributed by atoms with Gasteiger partial charge in [0.25, 0.3) is 0 Å². The van der Waals surface area contributed by atoms with Crippen LogP contribution in [0.4, 0.5) is 20.6 Å². The lowest BCUT2D eigenvalue weighted by molar-refractivity contribution is -0.115. The van der Waals surface area contributed by atoms with E-state index in [2.05, 4.69) is 16.0 Å². The van der Waals surface area contributed by atoms with E-state index in [0.717, 1.165) is 0 Å². The van der Waals surface area contributed by atoms with Crippen molar-refractivity contribution in [3.05, 3.63) is 66.0 Å². The standard InChI is InChI=1S/C22H24FN3O4/c1-22(2,3)30-21(29)24-14-20(28)26-17-9-6-8-16(13-17)25-19(27)12-11-15-7-4-5-10-18(15)23/h4-13H,14H2,1-3H3,(H,24,29)(H,25,27)(H,26,28)/b12-11+. The number of alkyl carbamates (subject to hydrolysis) is 1. The summed E-state index contributed by atoms with van der Waals surface area (Å²) in [6, 6.07) is 12.6. The van der Waals surface area contributed by atoms with Gasteiger partial charge in [0, 0.05) is 23.0 Å². The molecule has 158 valence electrons. The molecule has 0 unspecified atom stereocenters. The lowest BCUT2D eigenvalue weighted by atomic mass is 10.2. The molecule has 0 aliphatic rings. The topological polar surface area (TPSA) is 96.5 Å². The van der Waals surface area contributed by atoms with E-state index in [0.29, 0.717) is 16.9 Å². The summed E-state index contributed by atoms with van der Waals surface area (Å²) in [7, 11) is 0. The third-order valence-electron chi connectivity index (χ3n) is 3.53. The normalized spacial score (nSPS) is 11.1. The van der Waals surface area contributed by atoms with Crippen LogP contribution in [0.25, 0.3) is 6.08 Å². The summed E-state index contributed by atoms with van der Waals surface area (Å²) in [5.41, 5.74) is 0.512. The first kappa shape index (κ1) is 22.6. The minimum atomic E-state index is -0.694. The molecule has 0 bridgehead atoms. The first-order valence-corrected chi connectivity index (χ1v) is 9.23. The molecule has 2 aromatic rings. The van der Waals surface area contributed by atoms with Crippen molar-refractivity contribution in [3.8, 4) is 0 Å². The Morgan fingerprint density at radius 2 is 1.67 bits per heavy atom. The molecule has 8 heteroatoms. The number of rotatable bonds is 6. The Balaban J connectivity index is 1.88. The summed E-state index contributed by atoms with van der Waals surface area (Å²) in [6.07, 6.45) is 1.90. The maximum atomic E-state index is 13.6. The highest BCUT2D eigenvalue weighted by Crippen LogP contribution is 2.15. The third-order valence-corrected chi connectivity index (χ3v) is 3.53. The minimum absolute atomic E-state index is 0.267. The van der Waals surface area contributed by atoms with E-state index >= 15 is 0 Å². The molecule has 0 spiro atoms. The molecule has 0 aromatic heterocycles. The number of hydrogen-bond donors (Lipinski definition) is 3. The maximum absolute atomic E-state index is 13.6. The molecule has 0 saturated heterocycles. The van der Waals surface area contributed by atoms with Gasteiger partial charge in [-0.15, -0.1) is 0 Å². The second-order valence-electron chi connectivity index (χ2n) is 7.33. The number of nitrogens with one attached hydrogen (secondary N) is 3. The molecule has 0 fully saturated rings. The van der Waals surface area contributed by atoms with Crippen LogP contribution in [0.2, 0.25) is 0 Å². The molecule has 0 aliphatic carbocycles. The number of hydrogen-bond acceptors (Lipinski definition) is 4. The Bertz CT molecular complexity index is 951. The monoisotopic (exact) mass is 413 g/mol. The van der Waals surface area contributed by atoms with Gasteiger partial charge >= 0.3 is 6.09 Å². The molecule has 2 aromatic carbocycles. The smallest absolute Gasteiger partial charge is 0.408 e. The van der Waals surface area contributed by atoms with E-state index in [1.54, 1.807) is 63.2 Å². The fraction of sp³-hybridized carbons (Fsp3) is 0.227. The first-order chi connectivity index (χ1) is 14.1. The van der Waals surface area contributed by atoms with Crippen molar-refractivity contribution in [2.75, 3.05) is 17.2 Å². The zero-order valence-electron chi connectivity index (χ0n) is 17.0. The molecule has 0 atom stereocenters. The SMILES string of the molecule is CC(C)(C)OC(=O)NCC(=O)Nc1cccc(NC(=O)/C=C/c2ccccc2F)c1. The van der Waals surface area contributed by atoms with Crippen molar-refractivity contribution in [3.63, 3.8) is 0 Å². The van der Waals surface area contributed by atoms with Gasteiger partial charge in [0.15, 0.2) is 0 Å². The summed E-state index contributed by atoms with van der Waals surface area (Å²) < 4.78 is 18.6. The van der Waals surface area contributed by atoms with Gasteiger partial charge in [-0.3, -0.25) is 9.59 Å². The Morgan fingerprint density at radius 3 is 2.33 bits per heavy atom. The predicted octanol–water partition coefficient (Wildman–Crippen LogP) is 3.94. The van der Waals surface area contributed by atoms with Crippen LogP contribution >= 0.6 is 0 Å². The number of benzene rings is 2. The van der Waals surface area contributed by atoms with Gasteiger partial charge in [0.2, 0.25) is 11.8 Å². The lowest BCUT2D eigenvalue weighted by Gasteiger charge is -2.19. The Morgan fingerprint density at radius 1 is 1.00 bits per heavy atom. The van der Waals surface area contributed by atoms with Gasteiger partial charge < -0.3 is 20.7 Å². The molecule has 3 amide bonds. The van der Waals surface area contributed by atoms with Crippen LogP contribution in [0.15, 0.2) is 54.6 Å². The highest BCUT2D eigenvalue weighted by Gasteiger charge is 2.16. The fourth-order valence-corrected chi connectivity index (χ4v) is 2.31. The van der Waals surface area contributed by atoms with Crippen LogP contribution in [0, 0.1) is 5.82 Å². The van der Waals surface area contributed by atoms with Crippen molar-refractivity contribution in [1.29, 1.82) is 0 Å². The zero-order valence-corrected chi connectivity index (χ0v) is 17.0. The lowest BCUT2D eigenvalue weighted by Crippen LogP contribution is -2.37. The van der Waals surface area contributed by atoms with Crippen molar-refractivity contribution in [2.24, 2.45) is 0 Å². The van der Waals surface area contributed by atoms with Crippen LogP contribution in [0.5, 0.6) is 0 Å². The van der Waals surface area contributed by atoms with Crippen LogP contribution in [-0.2, 0) is 14.3 Å². The Labute approximate surface area is 174 Å². The Kier molecular flexibility index (Phi) is 7.69. The molecular formula is C22H24FN3O4. The Hall–Kier alpha value is -3.68. The van der Waals surface area contributed by atoms with E-state index in [9.17, 15) is 18.8 Å². The van der Waals surface area contributed by atoms with Crippen LogP contribution in [-0.4, -0.2) is 30.1 Å². The van der Waals surface area contributed by atoms with Crippen molar-refractivity contribution >= 4 is 35.4 Å². The third kappa shape index (κ3) is 8.14. The average Bonchev–Trinajstić information content (AvgIpc) is 2.65. The predicted molar refractivity (Wildman–Crippen MR) is 113 cm³/mol. The molecule has 30 heavy (non-hydrogen) atoms. The van der Waals surface area contributed by atoms with E-state index in [1.807, 2.05) is 0 Å². The van der Waals surface area contributed by atoms with Gasteiger partial charge in [-0.2, -0.15) is 0 Å². The summed E-state index contributed by atoms with van der Waals surface area (Å²) in [5.74, 6) is -1.33. The number of anilines is 2. The van der Waals surface area contributed by atoms with Crippen molar-refractivity contribution in [1.82, 2.24) is 5.32 Å². The van der Waals surface area contributed by atoms with E-state index in [-0.39, 0.29) is 6.54 Å². The second kappa shape index (κ2) is 10.2. The van der Waals surface area contributed by atoms with E-state index in [1.165, 1.54) is 18.2 Å². The van der Waals surface area contributed by atoms with Gasteiger partial charge in [-0.25, -0.2) is 9.18 Å². The van der Waals surface area contributed by atoms with Crippen molar-refractivity contribution in [2.45, 2.75) is 26.4 Å². The summed E-state index contributed by atoms with van der Waals surface area (Å²) in [5, 5.41) is 7.60. The molecule has 0 saturated carbocycles. The number of carbonyl (C=O) groups excluding carboxylic acids is 3. The molecule has 0 heterocycles. The van der Waals surface area contributed by atoms with Crippen LogP contribution in [0.3, 0.4) is 0 Å². The molecule has 7 nitrogen and oxygen atoms in total. The summed E-state index contributed by atoms with van der Waals surface area (Å²) in [6.45, 7) is 4.89. The van der Waals surface area contributed by atoms with Gasteiger partial charge in [-0.1, -0.05) is 24.3 Å². The first-order valence-electron chi connectivity index (χ1n) is 9.23. The summed E-state index contributed by atoms with van der Waals surface area (Å²) in [4.78, 5) is 35.6. The minimum Gasteiger partial charge on any atom is -0.444 e. The maximum Gasteiger partial charge on any atom is 0.408 e. The van der Waals surface area contributed by atoms with Gasteiger partial charge in [-0.05, 0) is 51.1 Å². The van der Waals surface area contributed by atoms with Gasteiger partial charge in [0.1, 0.15) is 18.0 Å². The van der Waals surface area contributed by atoms with Gasteiger partial charge in [0.05, 0.1) is 0 Å². The van der Waals surface area contributed by atoms with E-state index < -0.39 is 29.3 Å². The van der Waals surface area contributed by atoms with E-state index in [4.69, 9.17) is 4.74 Å². The highest BCUT2D eigenvalue weighted by atomic mass is 19.1. The highest BCUT2D eigenvalue weighted by molar-refractivity contribution is 6.02. The molecule has 2 rings (SSSR count). The van der Waals surface area contributed by atoms with Crippen molar-refractivity contribution < 1.29 is 23.5 Å². The molecule has 0 radical (unpaired) electrons.